The largest absolute Gasteiger partial charge is 0.382 e. The van der Waals surface area contributed by atoms with Crippen molar-refractivity contribution in [1.82, 2.24) is 0 Å². The summed E-state index contributed by atoms with van der Waals surface area (Å²) in [5.74, 6) is 0. The number of nitrogens with zero attached hydrogens (tertiary/aromatic N) is 1. The molecule has 0 aliphatic heterocycles. The maximum absolute atomic E-state index is 6.93. The highest BCUT2D eigenvalue weighted by Crippen LogP contribution is 2.18. The van der Waals surface area contributed by atoms with Crippen molar-refractivity contribution in [1.29, 1.82) is 0 Å². The van der Waals surface area contributed by atoms with Gasteiger partial charge in [-0.25, -0.2) is 4.85 Å². The third-order valence-corrected chi connectivity index (χ3v) is 2.31. The molecule has 0 aromatic heterocycles. The molecule has 0 saturated heterocycles. The molecule has 0 amide bonds. The quantitative estimate of drug-likeness (QED) is 0.758. The molecule has 0 radical (unpaired) electrons. The minimum absolute atomic E-state index is 0.665. The highest BCUT2D eigenvalue weighted by atomic mass is 14.9. The number of nitrogens with one attached hydrogen (secondary N) is 1. The van der Waals surface area contributed by atoms with Crippen LogP contribution < -0.4 is 5.32 Å². The Labute approximate surface area is 95.4 Å². The second-order valence-corrected chi connectivity index (χ2v) is 3.50. The Morgan fingerprint density at radius 2 is 1.81 bits per heavy atom. The summed E-state index contributed by atoms with van der Waals surface area (Å²) in [6.07, 6.45) is 0. The van der Waals surface area contributed by atoms with Gasteiger partial charge >= 0.3 is 0 Å². The number of rotatable bonds is 3. The third kappa shape index (κ3) is 2.61. The summed E-state index contributed by atoms with van der Waals surface area (Å²) in [7, 11) is 0. The van der Waals surface area contributed by atoms with Gasteiger partial charge in [-0.2, -0.15) is 0 Å². The van der Waals surface area contributed by atoms with Gasteiger partial charge in [-0.1, -0.05) is 42.5 Å². The minimum atomic E-state index is 0.665. The molecule has 2 aromatic rings. The van der Waals surface area contributed by atoms with Gasteiger partial charge in [0, 0.05) is 12.2 Å². The summed E-state index contributed by atoms with van der Waals surface area (Å²) in [6, 6.07) is 17.7. The highest BCUT2D eigenvalue weighted by Gasteiger charge is 1.95. The van der Waals surface area contributed by atoms with Gasteiger partial charge in [0.15, 0.2) is 5.69 Å². The van der Waals surface area contributed by atoms with Crippen LogP contribution in [0.5, 0.6) is 0 Å². The van der Waals surface area contributed by atoms with Crippen molar-refractivity contribution in [3.8, 4) is 0 Å². The molecule has 0 spiro atoms. The van der Waals surface area contributed by atoms with Crippen LogP contribution in [0, 0.1) is 6.57 Å². The average Bonchev–Trinajstić information content (AvgIpc) is 2.38. The van der Waals surface area contributed by atoms with Crippen molar-refractivity contribution >= 4 is 11.4 Å². The van der Waals surface area contributed by atoms with Crippen LogP contribution in [0.3, 0.4) is 0 Å². The summed E-state index contributed by atoms with van der Waals surface area (Å²) in [5.41, 5.74) is 2.88. The van der Waals surface area contributed by atoms with Gasteiger partial charge < -0.3 is 5.32 Å². The molecule has 0 aliphatic carbocycles. The van der Waals surface area contributed by atoms with Crippen LogP contribution in [0.1, 0.15) is 5.56 Å². The van der Waals surface area contributed by atoms with E-state index in [4.69, 9.17) is 6.57 Å². The van der Waals surface area contributed by atoms with Gasteiger partial charge in [-0.3, -0.25) is 0 Å². The Hall–Kier alpha value is -2.27. The zero-order valence-electron chi connectivity index (χ0n) is 8.85. The van der Waals surface area contributed by atoms with Crippen molar-refractivity contribution in [3.05, 3.63) is 71.6 Å². The maximum atomic E-state index is 6.93. The maximum Gasteiger partial charge on any atom is 0.189 e. The third-order valence-electron chi connectivity index (χ3n) is 2.31. The fourth-order valence-electron chi connectivity index (χ4n) is 1.49. The van der Waals surface area contributed by atoms with Gasteiger partial charge in [0.05, 0.1) is 6.57 Å². The number of hydrogen-bond donors (Lipinski definition) is 1. The molecular weight excluding hydrogens is 196 g/mol. The molecule has 2 nitrogen and oxygen atoms in total. The predicted octanol–water partition coefficient (Wildman–Crippen LogP) is 3.85. The SMILES string of the molecule is [C-]#[N+]c1cccc(NCc2ccccc2)c1. The fraction of sp³-hybridized carbons (Fsp3) is 0.0714. The number of anilines is 1. The zero-order chi connectivity index (χ0) is 11.2. The molecule has 0 heterocycles. The van der Waals surface area contributed by atoms with Gasteiger partial charge in [0.2, 0.25) is 0 Å². The topological polar surface area (TPSA) is 16.4 Å². The van der Waals surface area contributed by atoms with Crippen molar-refractivity contribution in [2.45, 2.75) is 6.54 Å². The van der Waals surface area contributed by atoms with Crippen LogP contribution in [0.15, 0.2) is 54.6 Å². The Bertz CT molecular complexity index is 498. The van der Waals surface area contributed by atoms with Crippen LogP contribution in [0.4, 0.5) is 11.4 Å². The number of benzene rings is 2. The first-order chi connectivity index (χ1) is 7.88. The molecule has 0 saturated carbocycles. The summed E-state index contributed by atoms with van der Waals surface area (Å²) in [6.45, 7) is 7.71. The van der Waals surface area contributed by atoms with Crippen LogP contribution in [0.2, 0.25) is 0 Å². The molecule has 0 atom stereocenters. The molecule has 0 aliphatic rings. The van der Waals surface area contributed by atoms with Crippen LogP contribution in [-0.4, -0.2) is 0 Å². The molecule has 2 heteroatoms. The second kappa shape index (κ2) is 4.99. The van der Waals surface area contributed by atoms with Crippen molar-refractivity contribution in [3.63, 3.8) is 0 Å². The van der Waals surface area contributed by atoms with E-state index in [0.29, 0.717) is 5.69 Å². The lowest BCUT2D eigenvalue weighted by molar-refractivity contribution is 1.15. The lowest BCUT2D eigenvalue weighted by Gasteiger charge is -2.06. The Kier molecular flexibility index (Phi) is 3.20. The molecule has 0 bridgehead atoms. The van der Waals surface area contributed by atoms with E-state index >= 15 is 0 Å². The van der Waals surface area contributed by atoms with E-state index in [1.807, 2.05) is 36.4 Å². The van der Waals surface area contributed by atoms with E-state index in [-0.39, 0.29) is 0 Å². The normalized spacial score (nSPS) is 9.44. The summed E-state index contributed by atoms with van der Waals surface area (Å²) < 4.78 is 0. The monoisotopic (exact) mass is 208 g/mol. The summed E-state index contributed by atoms with van der Waals surface area (Å²) in [5, 5.41) is 3.29. The zero-order valence-corrected chi connectivity index (χ0v) is 8.85. The highest BCUT2D eigenvalue weighted by molar-refractivity contribution is 5.57. The molecular formula is C14H12N2. The van der Waals surface area contributed by atoms with Crippen LogP contribution >= 0.6 is 0 Å². The van der Waals surface area contributed by atoms with Crippen molar-refractivity contribution < 1.29 is 0 Å². The molecule has 0 fully saturated rings. The molecule has 0 unspecified atom stereocenters. The molecule has 2 rings (SSSR count). The van der Waals surface area contributed by atoms with E-state index in [0.717, 1.165) is 12.2 Å². The van der Waals surface area contributed by atoms with Crippen LogP contribution in [0.25, 0.3) is 4.85 Å². The van der Waals surface area contributed by atoms with Gasteiger partial charge in [0.1, 0.15) is 0 Å². The molecule has 78 valence electrons. The molecule has 16 heavy (non-hydrogen) atoms. The first-order valence-corrected chi connectivity index (χ1v) is 5.14. The van der Waals surface area contributed by atoms with Crippen molar-refractivity contribution in [2.75, 3.05) is 5.32 Å². The minimum Gasteiger partial charge on any atom is -0.382 e. The van der Waals surface area contributed by atoms with E-state index in [2.05, 4.69) is 22.3 Å². The predicted molar refractivity (Wildman–Crippen MR) is 66.5 cm³/mol. The first-order valence-electron chi connectivity index (χ1n) is 5.14. The summed E-state index contributed by atoms with van der Waals surface area (Å²) >= 11 is 0. The fourth-order valence-corrected chi connectivity index (χ4v) is 1.49. The smallest absolute Gasteiger partial charge is 0.189 e. The van der Waals surface area contributed by atoms with E-state index in [9.17, 15) is 0 Å². The van der Waals surface area contributed by atoms with E-state index in [1.54, 1.807) is 6.07 Å². The second-order valence-electron chi connectivity index (χ2n) is 3.50. The lowest BCUT2D eigenvalue weighted by atomic mass is 10.2. The van der Waals surface area contributed by atoms with Crippen LogP contribution in [-0.2, 0) is 6.54 Å². The Morgan fingerprint density at radius 1 is 1.00 bits per heavy atom. The summed E-state index contributed by atoms with van der Waals surface area (Å²) in [4.78, 5) is 3.40. The lowest BCUT2D eigenvalue weighted by Crippen LogP contribution is -1.98. The average molecular weight is 208 g/mol. The Morgan fingerprint density at radius 3 is 2.56 bits per heavy atom. The van der Waals surface area contributed by atoms with E-state index in [1.165, 1.54) is 5.56 Å². The Balaban J connectivity index is 2.03. The van der Waals surface area contributed by atoms with Crippen molar-refractivity contribution in [2.24, 2.45) is 0 Å². The molecule has 1 N–H and O–H groups in total. The van der Waals surface area contributed by atoms with E-state index < -0.39 is 0 Å². The standard InChI is InChI=1S/C14H12N2/c1-15-13-8-5-9-14(10-13)16-11-12-6-3-2-4-7-12/h2-10,16H,11H2. The van der Waals surface area contributed by atoms with Gasteiger partial charge in [-0.05, 0) is 17.7 Å². The van der Waals surface area contributed by atoms with Gasteiger partial charge in [0.25, 0.3) is 0 Å². The first kappa shape index (κ1) is 10.3. The molecule has 2 aromatic carbocycles. The van der Waals surface area contributed by atoms with Gasteiger partial charge in [-0.15, -0.1) is 0 Å². The number of hydrogen-bond acceptors (Lipinski definition) is 1.